The molecule has 0 nitrogen and oxygen atoms in total. The molecule has 0 aliphatic rings. The summed E-state index contributed by atoms with van der Waals surface area (Å²) in [5.74, 6) is 0.167. The van der Waals surface area contributed by atoms with Gasteiger partial charge in [0.25, 0.3) is 0 Å². The topological polar surface area (TPSA) is 0 Å². The van der Waals surface area contributed by atoms with Crippen LogP contribution in [-0.4, -0.2) is 0 Å². The van der Waals surface area contributed by atoms with Crippen LogP contribution >= 0.6 is 0 Å². The van der Waals surface area contributed by atoms with Crippen LogP contribution in [0.5, 0.6) is 0 Å². The molecule has 132 valence electrons. The van der Waals surface area contributed by atoms with Crippen molar-refractivity contribution >= 4 is 0 Å². The molecule has 0 saturated heterocycles. The summed E-state index contributed by atoms with van der Waals surface area (Å²) >= 11 is 0. The summed E-state index contributed by atoms with van der Waals surface area (Å²) in [5.41, 5.74) is 0.913. The van der Waals surface area contributed by atoms with E-state index in [2.05, 4.69) is 20.8 Å². The first-order valence-electron chi connectivity index (χ1n) is 9.50. The molecule has 0 saturated carbocycles. The molecule has 0 N–H and O–H groups in total. The molecule has 0 aromatic heterocycles. The van der Waals surface area contributed by atoms with Crippen molar-refractivity contribution in [3.05, 3.63) is 35.4 Å². The largest absolute Gasteiger partial charge is 0.204 e. The maximum absolute atomic E-state index is 13.2. The Hall–Kier alpha value is -0.920. The Morgan fingerprint density at radius 3 is 2.17 bits per heavy atom. The molecule has 0 fully saturated rings. The minimum absolute atomic E-state index is 0.725. The quantitative estimate of drug-likeness (QED) is 0.378. The van der Waals surface area contributed by atoms with Crippen molar-refractivity contribution in [1.29, 1.82) is 0 Å². The number of aryl methyl sites for hydroxylation is 1. The third-order valence-corrected chi connectivity index (χ3v) is 4.85. The first-order valence-corrected chi connectivity index (χ1v) is 9.50. The van der Waals surface area contributed by atoms with Gasteiger partial charge in [0.05, 0.1) is 0 Å². The van der Waals surface area contributed by atoms with Gasteiger partial charge in [0.1, 0.15) is 0 Å². The Labute approximate surface area is 141 Å². The Morgan fingerprint density at radius 1 is 0.826 bits per heavy atom. The lowest BCUT2D eigenvalue weighted by Gasteiger charge is -2.17. The lowest BCUT2D eigenvalue weighted by Crippen LogP contribution is -2.03. The Kier molecular flexibility index (Phi) is 10.1. The van der Waals surface area contributed by atoms with Gasteiger partial charge >= 0.3 is 0 Å². The maximum atomic E-state index is 13.2. The summed E-state index contributed by atoms with van der Waals surface area (Å²) in [6.45, 7) is 6.87. The molecule has 2 heteroatoms. The zero-order valence-electron chi connectivity index (χ0n) is 15.2. The van der Waals surface area contributed by atoms with Crippen LogP contribution in [0.4, 0.5) is 8.78 Å². The minimum Gasteiger partial charge on any atom is -0.204 e. The molecule has 23 heavy (non-hydrogen) atoms. The highest BCUT2D eigenvalue weighted by atomic mass is 19.2. The number of halogens is 2. The van der Waals surface area contributed by atoms with Crippen LogP contribution in [0.1, 0.15) is 84.1 Å². The first-order chi connectivity index (χ1) is 11.1. The van der Waals surface area contributed by atoms with Gasteiger partial charge in [-0.25, -0.2) is 8.78 Å². The van der Waals surface area contributed by atoms with Crippen molar-refractivity contribution in [2.75, 3.05) is 0 Å². The second-order valence-electron chi connectivity index (χ2n) is 7.12. The van der Waals surface area contributed by atoms with Gasteiger partial charge in [0.15, 0.2) is 11.6 Å². The molecule has 0 aliphatic carbocycles. The van der Waals surface area contributed by atoms with Crippen molar-refractivity contribution < 1.29 is 8.78 Å². The van der Waals surface area contributed by atoms with Crippen molar-refractivity contribution in [1.82, 2.24) is 0 Å². The van der Waals surface area contributed by atoms with Crippen molar-refractivity contribution in [2.45, 2.75) is 85.0 Å². The molecule has 0 radical (unpaired) electrons. The van der Waals surface area contributed by atoms with Crippen LogP contribution in [0.3, 0.4) is 0 Å². The summed E-state index contributed by atoms with van der Waals surface area (Å²) in [6, 6.07) is 4.29. The van der Waals surface area contributed by atoms with E-state index in [-0.39, 0.29) is 0 Å². The summed E-state index contributed by atoms with van der Waals surface area (Å²) in [4.78, 5) is 0. The van der Waals surface area contributed by atoms with E-state index in [4.69, 9.17) is 0 Å². The fraction of sp³-hybridized carbons (Fsp3) is 0.714. The number of rotatable bonds is 12. The van der Waals surface area contributed by atoms with E-state index in [0.717, 1.165) is 30.2 Å². The van der Waals surface area contributed by atoms with Crippen molar-refractivity contribution in [3.8, 4) is 0 Å². The molecule has 2 unspecified atom stereocenters. The van der Waals surface area contributed by atoms with E-state index in [1.165, 1.54) is 63.5 Å². The van der Waals surface area contributed by atoms with Gasteiger partial charge in [-0.15, -0.1) is 0 Å². The predicted octanol–water partition coefficient (Wildman–Crippen LogP) is 7.31. The van der Waals surface area contributed by atoms with E-state index < -0.39 is 11.6 Å². The van der Waals surface area contributed by atoms with Gasteiger partial charge < -0.3 is 0 Å². The van der Waals surface area contributed by atoms with Gasteiger partial charge in [-0.2, -0.15) is 0 Å². The van der Waals surface area contributed by atoms with Crippen molar-refractivity contribution in [3.63, 3.8) is 0 Å². The Balaban J connectivity index is 2.30. The lowest BCUT2D eigenvalue weighted by molar-refractivity contribution is 0.364. The van der Waals surface area contributed by atoms with Crippen LogP contribution < -0.4 is 0 Å². The van der Waals surface area contributed by atoms with Gasteiger partial charge in [-0.05, 0) is 42.4 Å². The van der Waals surface area contributed by atoms with Crippen LogP contribution in [-0.2, 0) is 6.42 Å². The summed E-state index contributed by atoms with van der Waals surface area (Å²) in [5, 5.41) is 0. The predicted molar refractivity (Wildman–Crippen MR) is 95.6 cm³/mol. The monoisotopic (exact) mass is 324 g/mol. The highest BCUT2D eigenvalue weighted by molar-refractivity contribution is 5.17. The van der Waals surface area contributed by atoms with Gasteiger partial charge in [-0.3, -0.25) is 0 Å². The average molecular weight is 324 g/mol. The van der Waals surface area contributed by atoms with E-state index >= 15 is 0 Å². The molecule has 2 atom stereocenters. The first kappa shape index (κ1) is 20.1. The zero-order chi connectivity index (χ0) is 17.1. The normalized spacial score (nSPS) is 14.0. The van der Waals surface area contributed by atoms with E-state index in [9.17, 15) is 8.78 Å². The van der Waals surface area contributed by atoms with E-state index in [1.807, 2.05) is 0 Å². The zero-order valence-corrected chi connectivity index (χ0v) is 15.2. The van der Waals surface area contributed by atoms with Gasteiger partial charge in [0.2, 0.25) is 0 Å². The third kappa shape index (κ3) is 8.48. The highest BCUT2D eigenvalue weighted by Gasteiger charge is 2.10. The SMILES string of the molecule is CCCC(C)CCCC(CCC)CCCc1ccc(F)c(F)c1. The molecular formula is C21H34F2. The van der Waals surface area contributed by atoms with Crippen LogP contribution in [0.25, 0.3) is 0 Å². The Bertz CT molecular complexity index is 428. The van der Waals surface area contributed by atoms with Gasteiger partial charge in [-0.1, -0.05) is 78.2 Å². The molecule has 0 amide bonds. The van der Waals surface area contributed by atoms with Crippen LogP contribution in [0.2, 0.25) is 0 Å². The second kappa shape index (κ2) is 11.6. The molecule has 1 aromatic rings. The minimum atomic E-state index is -0.751. The van der Waals surface area contributed by atoms with Gasteiger partial charge in [0, 0.05) is 0 Å². The summed E-state index contributed by atoms with van der Waals surface area (Å²) in [6.07, 6.45) is 12.3. The summed E-state index contributed by atoms with van der Waals surface area (Å²) in [7, 11) is 0. The number of benzene rings is 1. The third-order valence-electron chi connectivity index (χ3n) is 4.85. The fourth-order valence-electron chi connectivity index (χ4n) is 3.52. The van der Waals surface area contributed by atoms with E-state index in [0.29, 0.717) is 0 Å². The average Bonchev–Trinajstić information content (AvgIpc) is 2.51. The van der Waals surface area contributed by atoms with Crippen LogP contribution in [0.15, 0.2) is 18.2 Å². The molecule has 0 aliphatic heterocycles. The molecule has 1 aromatic carbocycles. The Morgan fingerprint density at radius 2 is 1.52 bits per heavy atom. The lowest BCUT2D eigenvalue weighted by atomic mass is 9.89. The molecule has 0 spiro atoms. The second-order valence-corrected chi connectivity index (χ2v) is 7.12. The number of hydrogen-bond donors (Lipinski definition) is 0. The molecule has 1 rings (SSSR count). The smallest absolute Gasteiger partial charge is 0.159 e. The number of hydrogen-bond acceptors (Lipinski definition) is 0. The van der Waals surface area contributed by atoms with E-state index in [1.54, 1.807) is 6.07 Å². The van der Waals surface area contributed by atoms with Crippen LogP contribution in [0, 0.1) is 23.5 Å². The standard InChI is InChI=1S/C21H34F2/c1-4-8-17(3)10-6-11-18(9-5-2)12-7-13-19-14-15-20(22)21(23)16-19/h14-18H,4-13H2,1-3H3. The maximum Gasteiger partial charge on any atom is 0.159 e. The highest BCUT2D eigenvalue weighted by Crippen LogP contribution is 2.24. The fourth-order valence-corrected chi connectivity index (χ4v) is 3.52. The molecular weight excluding hydrogens is 290 g/mol. The molecule has 0 heterocycles. The summed E-state index contributed by atoms with van der Waals surface area (Å²) < 4.78 is 26.1. The molecule has 0 bridgehead atoms. The van der Waals surface area contributed by atoms with Crippen molar-refractivity contribution in [2.24, 2.45) is 11.8 Å².